The van der Waals surface area contributed by atoms with E-state index in [1.54, 1.807) is 0 Å². The summed E-state index contributed by atoms with van der Waals surface area (Å²) in [4.78, 5) is 11.6. The Morgan fingerprint density at radius 1 is 1.53 bits per heavy atom. The van der Waals surface area contributed by atoms with Crippen LogP contribution >= 0.6 is 0 Å². The topological polar surface area (TPSA) is 47.6 Å². The molecule has 1 rings (SSSR count). The van der Waals surface area contributed by atoms with Gasteiger partial charge >= 0.3 is 5.97 Å². The van der Waals surface area contributed by atoms with Crippen LogP contribution in [0.5, 0.6) is 0 Å². The standard InChI is InChI=1S/C13H25NO3/c1-10(2)7-12(13(15)16-3)14-8-11-5-4-6-17-9-11/h10-12,14H,4-9H2,1-3H3. The van der Waals surface area contributed by atoms with E-state index in [9.17, 15) is 4.79 Å². The van der Waals surface area contributed by atoms with Gasteiger partial charge in [0, 0.05) is 13.2 Å². The third-order valence-electron chi connectivity index (χ3n) is 3.10. The minimum Gasteiger partial charge on any atom is -0.468 e. The number of esters is 1. The number of methoxy groups -OCH3 is 1. The van der Waals surface area contributed by atoms with Gasteiger partial charge in [0.25, 0.3) is 0 Å². The fourth-order valence-corrected chi connectivity index (χ4v) is 2.15. The number of carbonyl (C=O) groups excluding carboxylic acids is 1. The lowest BCUT2D eigenvalue weighted by Gasteiger charge is -2.25. The molecule has 1 N–H and O–H groups in total. The van der Waals surface area contributed by atoms with E-state index in [2.05, 4.69) is 19.2 Å². The van der Waals surface area contributed by atoms with Gasteiger partial charge in [0.05, 0.1) is 13.7 Å². The van der Waals surface area contributed by atoms with Crippen LogP contribution < -0.4 is 5.32 Å². The van der Waals surface area contributed by atoms with Crippen molar-refractivity contribution in [3.05, 3.63) is 0 Å². The monoisotopic (exact) mass is 243 g/mol. The van der Waals surface area contributed by atoms with Crippen molar-refractivity contribution in [2.45, 2.75) is 39.2 Å². The van der Waals surface area contributed by atoms with E-state index in [0.717, 1.165) is 32.6 Å². The minimum atomic E-state index is -0.179. The summed E-state index contributed by atoms with van der Waals surface area (Å²) in [5.74, 6) is 0.854. The molecule has 0 bridgehead atoms. The van der Waals surface area contributed by atoms with E-state index in [4.69, 9.17) is 9.47 Å². The van der Waals surface area contributed by atoms with Crippen LogP contribution in [0.15, 0.2) is 0 Å². The van der Waals surface area contributed by atoms with Gasteiger partial charge in [0.2, 0.25) is 0 Å². The summed E-state index contributed by atoms with van der Waals surface area (Å²) in [6, 6.07) is -0.179. The Hall–Kier alpha value is -0.610. The van der Waals surface area contributed by atoms with Crippen LogP contribution in [0.2, 0.25) is 0 Å². The third-order valence-corrected chi connectivity index (χ3v) is 3.10. The second-order valence-electron chi connectivity index (χ2n) is 5.20. The van der Waals surface area contributed by atoms with E-state index in [1.165, 1.54) is 13.5 Å². The van der Waals surface area contributed by atoms with Crippen molar-refractivity contribution in [3.8, 4) is 0 Å². The van der Waals surface area contributed by atoms with E-state index in [-0.39, 0.29) is 12.0 Å². The number of hydrogen-bond acceptors (Lipinski definition) is 4. The van der Waals surface area contributed by atoms with E-state index >= 15 is 0 Å². The molecule has 0 aliphatic carbocycles. The molecule has 1 aliphatic rings. The van der Waals surface area contributed by atoms with Gasteiger partial charge in [0.15, 0.2) is 0 Å². The maximum absolute atomic E-state index is 11.6. The average Bonchev–Trinajstić information content (AvgIpc) is 2.34. The third kappa shape index (κ3) is 5.50. The molecule has 4 heteroatoms. The first-order chi connectivity index (χ1) is 8.13. The first kappa shape index (κ1) is 14.5. The fourth-order valence-electron chi connectivity index (χ4n) is 2.15. The maximum Gasteiger partial charge on any atom is 0.322 e. The molecular formula is C13H25NO3. The van der Waals surface area contributed by atoms with Crippen LogP contribution in [-0.4, -0.2) is 38.9 Å². The Morgan fingerprint density at radius 3 is 2.82 bits per heavy atom. The first-order valence-electron chi connectivity index (χ1n) is 6.52. The number of nitrogens with one attached hydrogen (secondary N) is 1. The molecule has 0 aromatic carbocycles. The maximum atomic E-state index is 11.6. The first-order valence-corrected chi connectivity index (χ1v) is 6.52. The largest absolute Gasteiger partial charge is 0.468 e. The molecule has 4 nitrogen and oxygen atoms in total. The minimum absolute atomic E-state index is 0.157. The lowest BCUT2D eigenvalue weighted by Crippen LogP contribution is -2.42. The Morgan fingerprint density at radius 2 is 2.29 bits per heavy atom. The summed E-state index contributed by atoms with van der Waals surface area (Å²) in [5, 5.41) is 3.32. The predicted molar refractivity (Wildman–Crippen MR) is 66.8 cm³/mol. The van der Waals surface area contributed by atoms with Crippen molar-refractivity contribution >= 4 is 5.97 Å². The van der Waals surface area contributed by atoms with Crippen molar-refractivity contribution in [2.24, 2.45) is 11.8 Å². The van der Waals surface area contributed by atoms with Crippen molar-refractivity contribution in [1.82, 2.24) is 5.32 Å². The highest BCUT2D eigenvalue weighted by Gasteiger charge is 2.22. The zero-order valence-corrected chi connectivity index (χ0v) is 11.2. The van der Waals surface area contributed by atoms with Crippen LogP contribution in [0.4, 0.5) is 0 Å². The molecule has 0 saturated carbocycles. The highest BCUT2D eigenvalue weighted by molar-refractivity contribution is 5.75. The van der Waals surface area contributed by atoms with Crippen LogP contribution in [0, 0.1) is 11.8 Å². The zero-order chi connectivity index (χ0) is 12.7. The Labute approximate surface area is 104 Å². The molecule has 0 spiro atoms. The quantitative estimate of drug-likeness (QED) is 0.720. The molecule has 1 saturated heterocycles. The number of hydrogen-bond donors (Lipinski definition) is 1. The second kappa shape index (κ2) is 7.67. The molecule has 0 amide bonds. The van der Waals surface area contributed by atoms with Crippen LogP contribution in [0.25, 0.3) is 0 Å². The van der Waals surface area contributed by atoms with Gasteiger partial charge < -0.3 is 14.8 Å². The van der Waals surface area contributed by atoms with Gasteiger partial charge in [-0.05, 0) is 31.1 Å². The van der Waals surface area contributed by atoms with Crippen molar-refractivity contribution in [1.29, 1.82) is 0 Å². The molecule has 2 atom stereocenters. The van der Waals surface area contributed by atoms with Gasteiger partial charge in [-0.3, -0.25) is 4.79 Å². The summed E-state index contributed by atoms with van der Waals surface area (Å²) in [6.45, 7) is 6.75. The van der Waals surface area contributed by atoms with Gasteiger partial charge in [-0.1, -0.05) is 13.8 Å². The summed E-state index contributed by atoms with van der Waals surface area (Å²) >= 11 is 0. The number of carbonyl (C=O) groups is 1. The van der Waals surface area contributed by atoms with Gasteiger partial charge in [0.1, 0.15) is 6.04 Å². The van der Waals surface area contributed by atoms with Crippen molar-refractivity contribution in [2.75, 3.05) is 26.9 Å². The van der Waals surface area contributed by atoms with Crippen LogP contribution in [0.3, 0.4) is 0 Å². The Bertz CT molecular complexity index is 225. The predicted octanol–water partition coefficient (Wildman–Crippen LogP) is 1.59. The number of rotatable bonds is 6. The zero-order valence-electron chi connectivity index (χ0n) is 11.2. The summed E-state index contributed by atoms with van der Waals surface area (Å²) < 4.78 is 10.2. The Kier molecular flexibility index (Phi) is 6.52. The van der Waals surface area contributed by atoms with Crippen LogP contribution in [0.1, 0.15) is 33.1 Å². The molecule has 0 aromatic heterocycles. The molecule has 2 unspecified atom stereocenters. The van der Waals surface area contributed by atoms with Crippen molar-refractivity contribution in [3.63, 3.8) is 0 Å². The fraction of sp³-hybridized carbons (Fsp3) is 0.923. The molecule has 1 heterocycles. The Balaban J connectivity index is 2.34. The second-order valence-corrected chi connectivity index (χ2v) is 5.20. The molecule has 1 aliphatic heterocycles. The lowest BCUT2D eigenvalue weighted by molar-refractivity contribution is -0.143. The molecule has 0 aromatic rings. The molecular weight excluding hydrogens is 218 g/mol. The molecule has 1 fully saturated rings. The number of ether oxygens (including phenoxy) is 2. The summed E-state index contributed by atoms with van der Waals surface area (Å²) in [5.41, 5.74) is 0. The highest BCUT2D eigenvalue weighted by atomic mass is 16.5. The molecule has 100 valence electrons. The van der Waals surface area contributed by atoms with Gasteiger partial charge in [-0.15, -0.1) is 0 Å². The van der Waals surface area contributed by atoms with Gasteiger partial charge in [-0.2, -0.15) is 0 Å². The smallest absolute Gasteiger partial charge is 0.322 e. The normalized spacial score (nSPS) is 22.5. The summed E-state index contributed by atoms with van der Waals surface area (Å²) in [7, 11) is 1.45. The SMILES string of the molecule is COC(=O)C(CC(C)C)NCC1CCCOC1. The van der Waals surface area contributed by atoms with Crippen molar-refractivity contribution < 1.29 is 14.3 Å². The average molecular weight is 243 g/mol. The molecule has 0 radical (unpaired) electrons. The van der Waals surface area contributed by atoms with Crippen LogP contribution in [-0.2, 0) is 14.3 Å². The summed E-state index contributed by atoms with van der Waals surface area (Å²) in [6.07, 6.45) is 3.13. The van der Waals surface area contributed by atoms with E-state index in [0.29, 0.717) is 11.8 Å². The lowest BCUT2D eigenvalue weighted by atomic mass is 10.00. The molecule has 17 heavy (non-hydrogen) atoms. The van der Waals surface area contributed by atoms with Gasteiger partial charge in [-0.25, -0.2) is 0 Å². The van der Waals surface area contributed by atoms with E-state index < -0.39 is 0 Å². The highest BCUT2D eigenvalue weighted by Crippen LogP contribution is 2.13. The van der Waals surface area contributed by atoms with E-state index in [1.807, 2.05) is 0 Å².